The molecule has 0 bridgehead atoms. The number of nitrogens with zero attached hydrogens (tertiary/aromatic N) is 6. The molecule has 2 aliphatic rings. The Labute approximate surface area is 321 Å². The zero-order chi connectivity index (χ0) is 37.9. The van der Waals surface area contributed by atoms with Gasteiger partial charge < -0.3 is 19.3 Å². The van der Waals surface area contributed by atoms with E-state index in [1.807, 2.05) is 119 Å². The summed E-state index contributed by atoms with van der Waals surface area (Å²) in [6.07, 6.45) is 0. The molecule has 0 aliphatic carbocycles. The molecule has 0 amide bonds. The zero-order valence-electron chi connectivity index (χ0n) is 29.4. The third-order valence-electron chi connectivity index (χ3n) is 10.4. The highest BCUT2D eigenvalue weighted by molar-refractivity contribution is 6.10. The van der Waals surface area contributed by atoms with Crippen LogP contribution >= 0.6 is 0 Å². The van der Waals surface area contributed by atoms with Crippen LogP contribution in [0.3, 0.4) is 0 Å². The van der Waals surface area contributed by atoms with E-state index in [9.17, 15) is 21.0 Å². The number of anilines is 6. The molecular weight excluding hydrogens is 693 g/mol. The van der Waals surface area contributed by atoms with Crippen LogP contribution in [0.5, 0.6) is 23.0 Å². The van der Waals surface area contributed by atoms with Crippen molar-refractivity contribution in [2.75, 3.05) is 9.80 Å². The van der Waals surface area contributed by atoms with E-state index in [4.69, 9.17) is 9.47 Å². The average Bonchev–Trinajstić information content (AvgIpc) is 3.26. The molecule has 0 fully saturated rings. The first-order valence-corrected chi connectivity index (χ1v) is 17.7. The largest absolute Gasteiger partial charge is 0.453 e. The molecule has 8 aromatic carbocycles. The summed E-state index contributed by atoms with van der Waals surface area (Å²) < 4.78 is 13.2. The van der Waals surface area contributed by atoms with Crippen LogP contribution in [0.1, 0.15) is 22.3 Å². The molecule has 0 unspecified atom stereocenters. The van der Waals surface area contributed by atoms with E-state index in [1.165, 1.54) is 0 Å². The molecular formula is C48H24N6O2. The zero-order valence-corrected chi connectivity index (χ0v) is 29.4. The summed E-state index contributed by atoms with van der Waals surface area (Å²) >= 11 is 0. The van der Waals surface area contributed by atoms with E-state index in [0.717, 1.165) is 32.7 Å². The lowest BCUT2D eigenvalue weighted by molar-refractivity contribution is 0.478. The van der Waals surface area contributed by atoms with Crippen LogP contribution in [0.15, 0.2) is 146 Å². The lowest BCUT2D eigenvalue weighted by Gasteiger charge is -2.35. The van der Waals surface area contributed by atoms with Crippen LogP contribution in [0.2, 0.25) is 0 Å². The van der Waals surface area contributed by atoms with E-state index in [1.54, 1.807) is 36.4 Å². The van der Waals surface area contributed by atoms with Gasteiger partial charge in [0.25, 0.3) is 0 Å². The van der Waals surface area contributed by atoms with Crippen LogP contribution in [0, 0.1) is 45.3 Å². The second kappa shape index (κ2) is 12.5. The van der Waals surface area contributed by atoms with Crippen LogP contribution in [-0.4, -0.2) is 0 Å². The number of benzene rings is 8. The first-order chi connectivity index (χ1) is 27.6. The number of hydrogen-bond donors (Lipinski definition) is 0. The number of ether oxygens (including phenoxy) is 2. The molecule has 0 atom stereocenters. The molecule has 0 saturated carbocycles. The van der Waals surface area contributed by atoms with E-state index in [2.05, 4.69) is 24.3 Å². The van der Waals surface area contributed by atoms with Crippen LogP contribution in [0.4, 0.5) is 34.1 Å². The summed E-state index contributed by atoms with van der Waals surface area (Å²) in [5, 5.41) is 44.9. The summed E-state index contributed by atoms with van der Waals surface area (Å²) in [5.41, 5.74) is 6.91. The Morgan fingerprint density at radius 1 is 0.393 bits per heavy atom. The Kier molecular flexibility index (Phi) is 7.19. The number of para-hydroxylation sites is 4. The Balaban J connectivity index is 1.21. The Hall–Kier alpha value is -8.56. The molecule has 8 aromatic rings. The predicted octanol–water partition coefficient (Wildman–Crippen LogP) is 12.3. The third kappa shape index (κ3) is 4.68. The van der Waals surface area contributed by atoms with Gasteiger partial charge >= 0.3 is 0 Å². The number of rotatable bonds is 3. The first kappa shape index (κ1) is 32.1. The van der Waals surface area contributed by atoms with Crippen molar-refractivity contribution in [1.82, 2.24) is 0 Å². The lowest BCUT2D eigenvalue weighted by Crippen LogP contribution is -2.18. The number of nitriles is 4. The molecule has 0 radical (unpaired) electrons. The minimum Gasteiger partial charge on any atom is -0.453 e. The number of hydrogen-bond acceptors (Lipinski definition) is 8. The van der Waals surface area contributed by atoms with Gasteiger partial charge in [0.2, 0.25) is 0 Å². The molecule has 8 nitrogen and oxygen atoms in total. The van der Waals surface area contributed by atoms with Gasteiger partial charge in [0, 0.05) is 10.8 Å². The highest BCUT2D eigenvalue weighted by atomic mass is 16.5. The SMILES string of the molecule is N#Cc1cccc(C#N)c1N1c2cc(-c3cccc4c5c(ccc34)Oc3ccccc3N5c3c(C#N)cccc3C#N)ccc2Oc2c1ccc1ccccc21. The van der Waals surface area contributed by atoms with Gasteiger partial charge in [-0.1, -0.05) is 78.9 Å². The third-order valence-corrected chi connectivity index (χ3v) is 10.4. The summed E-state index contributed by atoms with van der Waals surface area (Å²) in [7, 11) is 0. The quantitative estimate of drug-likeness (QED) is 0.177. The van der Waals surface area contributed by atoms with Gasteiger partial charge in [0.1, 0.15) is 24.3 Å². The van der Waals surface area contributed by atoms with Crippen molar-refractivity contribution < 1.29 is 9.47 Å². The first-order valence-electron chi connectivity index (χ1n) is 17.7. The van der Waals surface area contributed by atoms with Gasteiger partial charge in [-0.15, -0.1) is 0 Å². The van der Waals surface area contributed by atoms with Crippen LogP contribution in [-0.2, 0) is 0 Å². The minimum absolute atomic E-state index is 0.355. The molecule has 0 N–H and O–H groups in total. The maximum atomic E-state index is 10.3. The highest BCUT2D eigenvalue weighted by Gasteiger charge is 2.33. The summed E-state index contributed by atoms with van der Waals surface area (Å²) in [6, 6.07) is 55.0. The molecule has 8 heteroatoms. The topological polar surface area (TPSA) is 120 Å². The van der Waals surface area contributed by atoms with Crippen LogP contribution in [0.25, 0.3) is 32.7 Å². The van der Waals surface area contributed by atoms with Gasteiger partial charge in [-0.3, -0.25) is 0 Å². The molecule has 0 aromatic heterocycles. The summed E-state index contributed by atoms with van der Waals surface area (Å²) in [5.74, 6) is 2.38. The van der Waals surface area contributed by atoms with Crippen molar-refractivity contribution in [2.45, 2.75) is 0 Å². The Morgan fingerprint density at radius 2 is 1.00 bits per heavy atom. The maximum Gasteiger partial charge on any atom is 0.159 e. The minimum atomic E-state index is 0.355. The Bertz CT molecular complexity index is 3110. The number of fused-ring (bicyclic) bond motifs is 8. The van der Waals surface area contributed by atoms with E-state index in [-0.39, 0.29) is 0 Å². The van der Waals surface area contributed by atoms with Crippen molar-refractivity contribution in [3.05, 3.63) is 168 Å². The molecule has 258 valence electrons. The van der Waals surface area contributed by atoms with Crippen molar-refractivity contribution in [1.29, 1.82) is 21.0 Å². The van der Waals surface area contributed by atoms with E-state index in [0.29, 0.717) is 79.4 Å². The molecule has 0 saturated heterocycles. The van der Waals surface area contributed by atoms with Crippen molar-refractivity contribution >= 4 is 55.7 Å². The molecule has 56 heavy (non-hydrogen) atoms. The maximum absolute atomic E-state index is 10.3. The highest BCUT2D eigenvalue weighted by Crippen LogP contribution is 2.57. The monoisotopic (exact) mass is 716 g/mol. The molecule has 0 spiro atoms. The lowest BCUT2D eigenvalue weighted by atomic mass is 9.94. The van der Waals surface area contributed by atoms with E-state index < -0.39 is 0 Å². The normalized spacial score (nSPS) is 12.1. The standard InChI is InChI=1S/C48H24N6O2/c49-25-31-9-5-10-32(26-50)45(31)53-40-21-18-29-8-1-2-13-36(29)48(40)56-43-22-19-30(24-41(43)53)35-14-7-15-38-37(35)20-23-44-47(38)54(39-16-3-4-17-42(39)55-44)46-33(27-51)11-6-12-34(46)28-52/h1-24H. The van der Waals surface area contributed by atoms with Gasteiger partial charge in [-0.2, -0.15) is 21.0 Å². The fourth-order valence-corrected chi connectivity index (χ4v) is 7.96. The van der Waals surface area contributed by atoms with Crippen LogP contribution < -0.4 is 19.3 Å². The Morgan fingerprint density at radius 3 is 1.73 bits per heavy atom. The smallest absolute Gasteiger partial charge is 0.159 e. The van der Waals surface area contributed by atoms with Gasteiger partial charge in [0.05, 0.1) is 56.4 Å². The molecule has 2 heterocycles. The van der Waals surface area contributed by atoms with Gasteiger partial charge in [0.15, 0.2) is 23.0 Å². The van der Waals surface area contributed by atoms with Crippen molar-refractivity contribution in [3.8, 4) is 58.4 Å². The van der Waals surface area contributed by atoms with Gasteiger partial charge in [-0.25, -0.2) is 0 Å². The summed E-state index contributed by atoms with van der Waals surface area (Å²) in [6.45, 7) is 0. The fourth-order valence-electron chi connectivity index (χ4n) is 7.96. The molecule has 10 rings (SSSR count). The van der Waals surface area contributed by atoms with Crippen molar-refractivity contribution in [2.24, 2.45) is 0 Å². The summed E-state index contributed by atoms with van der Waals surface area (Å²) in [4.78, 5) is 3.92. The fraction of sp³-hybridized carbons (Fsp3) is 0. The van der Waals surface area contributed by atoms with E-state index >= 15 is 0 Å². The molecule has 2 aliphatic heterocycles. The average molecular weight is 717 g/mol. The van der Waals surface area contributed by atoms with Crippen molar-refractivity contribution in [3.63, 3.8) is 0 Å². The second-order valence-electron chi connectivity index (χ2n) is 13.3. The van der Waals surface area contributed by atoms with Gasteiger partial charge in [-0.05, 0) is 88.6 Å². The second-order valence-corrected chi connectivity index (χ2v) is 13.3. The predicted molar refractivity (Wildman–Crippen MR) is 215 cm³/mol.